The molecular weight excluding hydrogens is 595 g/mol. The number of nitrogens with zero attached hydrogens (tertiary/aromatic N) is 7. The van der Waals surface area contributed by atoms with E-state index in [1.807, 2.05) is 4.90 Å². The molecule has 0 N–H and O–H groups in total. The molecule has 9 nitrogen and oxygen atoms in total. The first-order chi connectivity index (χ1) is 21.0. The normalized spacial score (nSPS) is 22.4. The van der Waals surface area contributed by atoms with Crippen LogP contribution < -0.4 is 14.5 Å². The van der Waals surface area contributed by atoms with Crippen LogP contribution in [0.2, 0.25) is 5.02 Å². The maximum absolute atomic E-state index is 14.1. The van der Waals surface area contributed by atoms with Crippen LogP contribution >= 0.6 is 11.6 Å². The predicted octanol–water partition coefficient (Wildman–Crippen LogP) is 5.08. The Morgan fingerprint density at radius 3 is 2.73 bits per heavy atom. The first kappa shape index (κ1) is 31.9. The summed E-state index contributed by atoms with van der Waals surface area (Å²) in [5, 5.41) is 9.14. The van der Waals surface area contributed by atoms with Crippen molar-refractivity contribution in [1.82, 2.24) is 19.8 Å². The van der Waals surface area contributed by atoms with Crippen molar-refractivity contribution >= 4 is 29.0 Å². The number of piperazine rings is 1. The van der Waals surface area contributed by atoms with Crippen molar-refractivity contribution in [2.24, 2.45) is 0 Å². The van der Waals surface area contributed by atoms with E-state index in [0.717, 1.165) is 31.2 Å². The molecule has 1 saturated heterocycles. The fourth-order valence-electron chi connectivity index (χ4n) is 6.55. The number of amides is 1. The molecule has 2 aromatic rings. The first-order valence-electron chi connectivity index (χ1n) is 14.9. The molecule has 1 aromatic heterocycles. The van der Waals surface area contributed by atoms with Crippen molar-refractivity contribution in [3.05, 3.63) is 52.7 Å². The Kier molecular flexibility index (Phi) is 9.56. The molecule has 3 atom stereocenters. The van der Waals surface area contributed by atoms with Crippen LogP contribution in [0.4, 0.5) is 24.7 Å². The molecule has 3 heterocycles. The molecule has 0 bridgehead atoms. The zero-order chi connectivity index (χ0) is 31.6. The molecule has 1 saturated carbocycles. The van der Waals surface area contributed by atoms with Crippen LogP contribution in [0.3, 0.4) is 0 Å². The number of carbonyl (C=O) groups excluding carboxylic acids is 1. The van der Waals surface area contributed by atoms with Crippen molar-refractivity contribution in [1.29, 1.82) is 5.26 Å². The Bertz CT molecular complexity index is 1430. The van der Waals surface area contributed by atoms with E-state index < -0.39 is 11.7 Å². The van der Waals surface area contributed by atoms with Gasteiger partial charge in [0.2, 0.25) is 5.91 Å². The lowest BCUT2D eigenvalue weighted by atomic mass is 9.92. The van der Waals surface area contributed by atoms with Gasteiger partial charge in [0.05, 0.1) is 47.0 Å². The number of carbonyl (C=O) groups is 1. The van der Waals surface area contributed by atoms with Gasteiger partial charge in [-0.3, -0.25) is 4.79 Å². The van der Waals surface area contributed by atoms with E-state index in [1.54, 1.807) is 9.80 Å². The molecule has 0 radical (unpaired) electrons. The lowest BCUT2D eigenvalue weighted by molar-refractivity contribution is -0.137. The maximum Gasteiger partial charge on any atom is 0.419 e. The third kappa shape index (κ3) is 6.74. The quantitative estimate of drug-likeness (QED) is 0.391. The van der Waals surface area contributed by atoms with Crippen LogP contribution in [0.5, 0.6) is 6.01 Å². The lowest BCUT2D eigenvalue weighted by Gasteiger charge is -2.42. The van der Waals surface area contributed by atoms with Gasteiger partial charge in [0.25, 0.3) is 0 Å². The molecule has 3 aliphatic rings. The number of benzene rings is 1. The first-order valence-corrected chi connectivity index (χ1v) is 15.3. The number of hydrogen-bond acceptors (Lipinski definition) is 8. The van der Waals surface area contributed by atoms with Gasteiger partial charge >= 0.3 is 12.2 Å². The smallest absolute Gasteiger partial charge is 0.419 e. The third-order valence-corrected chi connectivity index (χ3v) is 9.12. The lowest BCUT2D eigenvalue weighted by Crippen LogP contribution is -2.55. The second-order valence-electron chi connectivity index (χ2n) is 11.8. The zero-order valence-corrected chi connectivity index (χ0v) is 25.7. The number of alkyl halides is 3. The number of hydrogen-bond donors (Lipinski definition) is 0. The minimum Gasteiger partial charge on any atom is -0.460 e. The Morgan fingerprint density at radius 2 is 2.02 bits per heavy atom. The summed E-state index contributed by atoms with van der Waals surface area (Å²) in [6, 6.07) is 6.57. The molecule has 1 amide bonds. The summed E-state index contributed by atoms with van der Waals surface area (Å²) < 4.78 is 48.6. The van der Waals surface area contributed by atoms with E-state index in [9.17, 15) is 23.2 Å². The van der Waals surface area contributed by atoms with Crippen molar-refractivity contribution in [3.8, 4) is 12.1 Å². The molecule has 13 heteroatoms. The highest BCUT2D eigenvalue weighted by Crippen LogP contribution is 2.43. The number of halogens is 4. The van der Waals surface area contributed by atoms with E-state index in [2.05, 4.69) is 31.6 Å². The maximum atomic E-state index is 14.1. The molecule has 5 rings (SSSR count). The van der Waals surface area contributed by atoms with Crippen molar-refractivity contribution in [3.63, 3.8) is 0 Å². The molecule has 1 aromatic carbocycles. The second kappa shape index (κ2) is 13.2. The van der Waals surface area contributed by atoms with Crippen LogP contribution in [-0.4, -0.2) is 84.1 Å². The molecule has 0 spiro atoms. The number of nitriles is 1. The minimum atomic E-state index is -4.62. The number of fused-ring (bicyclic) bond motifs is 1. The molecule has 2 aliphatic heterocycles. The minimum absolute atomic E-state index is 0.00465. The average molecular weight is 632 g/mol. The predicted molar refractivity (Wildman–Crippen MR) is 162 cm³/mol. The average Bonchev–Trinajstić information content (AvgIpc) is 2.99. The summed E-state index contributed by atoms with van der Waals surface area (Å²) in [6.07, 6.45) is 0.829. The third-order valence-electron chi connectivity index (χ3n) is 8.81. The van der Waals surface area contributed by atoms with Crippen LogP contribution in [0.15, 0.2) is 30.9 Å². The number of anilines is 2. The van der Waals surface area contributed by atoms with Crippen LogP contribution in [-0.2, 0) is 23.9 Å². The zero-order valence-electron chi connectivity index (χ0n) is 25.0. The van der Waals surface area contributed by atoms with Gasteiger partial charge in [-0.25, -0.2) is 0 Å². The number of rotatable bonds is 7. The van der Waals surface area contributed by atoms with E-state index in [-0.39, 0.29) is 47.7 Å². The number of aromatic nitrogens is 2. The Hall–Kier alpha value is -3.56. The highest BCUT2D eigenvalue weighted by Gasteiger charge is 2.39. The van der Waals surface area contributed by atoms with Crippen LogP contribution in [0.25, 0.3) is 0 Å². The van der Waals surface area contributed by atoms with Gasteiger partial charge in [0.15, 0.2) is 0 Å². The summed E-state index contributed by atoms with van der Waals surface area (Å²) >= 11 is 6.05. The summed E-state index contributed by atoms with van der Waals surface area (Å²) in [4.78, 5) is 29.7. The second-order valence-corrected chi connectivity index (χ2v) is 12.2. The Labute approximate surface area is 260 Å². The fraction of sp³-hybridized carbons (Fsp3) is 0.548. The Balaban J connectivity index is 1.51. The summed E-state index contributed by atoms with van der Waals surface area (Å²) in [7, 11) is 4.10. The van der Waals surface area contributed by atoms with E-state index in [4.69, 9.17) is 26.3 Å². The highest BCUT2D eigenvalue weighted by molar-refractivity contribution is 6.31. The molecular formula is C31H37ClF3N7O2. The fourth-order valence-corrected chi connectivity index (χ4v) is 6.82. The number of ether oxygens (including phenoxy) is 1. The van der Waals surface area contributed by atoms with Crippen LogP contribution in [0, 0.1) is 11.3 Å². The molecule has 2 unspecified atom stereocenters. The summed E-state index contributed by atoms with van der Waals surface area (Å²) in [5.74, 6) is 0.407. The standard InChI is InChI=1S/C31H37ClF3N7O2/c1-4-27(43)42-16-15-41(18-21(42)11-13-36)29-23-12-14-40(26-10-6-9-24(32)28(26)31(33,34)35)19-25(23)37-30(38-29)44-22-8-5-7-20(17-22)39(2)3/h4,6,9-10,20-22H,1,5,7-8,11-12,14-19H2,2-3H3/t20?,21-,22?/m0/s1. The van der Waals surface area contributed by atoms with Crippen molar-refractivity contribution in [2.75, 3.05) is 50.1 Å². The van der Waals surface area contributed by atoms with Gasteiger partial charge < -0.3 is 24.3 Å². The SMILES string of the molecule is C=CC(=O)N1CCN(c2nc(OC3CCCC(N(C)C)C3)nc3c2CCN(c2cccc(Cl)c2C(F)(F)F)C3)C[C@@H]1CC#N. The summed E-state index contributed by atoms with van der Waals surface area (Å²) in [6.45, 7) is 5.23. The van der Waals surface area contributed by atoms with Gasteiger partial charge in [0, 0.05) is 37.8 Å². The summed E-state index contributed by atoms with van der Waals surface area (Å²) in [5.41, 5.74) is 0.559. The topological polar surface area (TPSA) is 88.8 Å². The molecule has 236 valence electrons. The highest BCUT2D eigenvalue weighted by atomic mass is 35.5. The van der Waals surface area contributed by atoms with Gasteiger partial charge in [0.1, 0.15) is 11.9 Å². The van der Waals surface area contributed by atoms with Gasteiger partial charge in [-0.15, -0.1) is 0 Å². The monoisotopic (exact) mass is 631 g/mol. The van der Waals surface area contributed by atoms with E-state index in [0.29, 0.717) is 50.2 Å². The molecule has 1 aliphatic carbocycles. The van der Waals surface area contributed by atoms with Gasteiger partial charge in [-0.1, -0.05) is 24.2 Å². The largest absolute Gasteiger partial charge is 0.460 e. The van der Waals surface area contributed by atoms with Crippen molar-refractivity contribution < 1.29 is 22.7 Å². The van der Waals surface area contributed by atoms with Crippen LogP contribution in [0.1, 0.15) is 48.9 Å². The molecule has 2 fully saturated rings. The van der Waals surface area contributed by atoms with E-state index in [1.165, 1.54) is 24.3 Å². The molecule has 44 heavy (non-hydrogen) atoms. The van der Waals surface area contributed by atoms with Gasteiger partial charge in [-0.05, 0) is 64.4 Å². The van der Waals surface area contributed by atoms with E-state index >= 15 is 0 Å². The van der Waals surface area contributed by atoms with Crippen molar-refractivity contribution in [2.45, 2.75) is 69.4 Å². The Morgan fingerprint density at radius 1 is 1.23 bits per heavy atom. The van der Waals surface area contributed by atoms with Gasteiger partial charge in [-0.2, -0.15) is 28.4 Å².